The van der Waals surface area contributed by atoms with Gasteiger partial charge in [0.25, 0.3) is 0 Å². The molecule has 0 radical (unpaired) electrons. The van der Waals surface area contributed by atoms with Crippen LogP contribution in [-0.4, -0.2) is 6.85 Å². The van der Waals surface area contributed by atoms with Gasteiger partial charge in [0.2, 0.25) is 0 Å². The number of anilines is 5. The Kier molecular flexibility index (Phi) is 9.42. The van der Waals surface area contributed by atoms with Gasteiger partial charge in [-0.3, -0.25) is 0 Å². The Morgan fingerprint density at radius 2 is 0.915 bits per heavy atom. The maximum atomic E-state index is 2.77. The Balaban J connectivity index is 1.24. The van der Waals surface area contributed by atoms with Crippen molar-refractivity contribution in [1.82, 2.24) is 0 Å². The minimum absolute atomic E-state index is 0.0267. The molecule has 0 N–H and O–H groups in total. The molecule has 0 spiro atoms. The molecule has 2 nitrogen and oxygen atoms in total. The maximum Gasteiger partial charge on any atom is 0.333 e. The molecule has 7 aromatic carbocycles. The predicted molar refractivity (Wildman–Crippen MR) is 307 cm³/mol. The second-order valence-corrected chi connectivity index (χ2v) is 27.8. The molecule has 0 saturated heterocycles. The third kappa shape index (κ3) is 6.52. The molecule has 0 atom stereocenters. The third-order valence-corrected chi connectivity index (χ3v) is 18.4. The first-order chi connectivity index (χ1) is 33.1. The average Bonchev–Trinajstić information content (AvgIpc) is 3.66. The van der Waals surface area contributed by atoms with Crippen molar-refractivity contribution in [1.29, 1.82) is 0 Å². The smallest absolute Gasteiger partial charge is 0.333 e. The van der Waals surface area contributed by atoms with Crippen molar-refractivity contribution in [2.24, 2.45) is 0 Å². The molecule has 360 valence electrons. The zero-order chi connectivity index (χ0) is 50.5. The molecule has 12 rings (SSSR count). The first kappa shape index (κ1) is 46.3. The van der Waals surface area contributed by atoms with Gasteiger partial charge in [0.05, 0.1) is 0 Å². The second kappa shape index (κ2) is 14.5. The van der Waals surface area contributed by atoms with Crippen molar-refractivity contribution in [3.05, 3.63) is 171 Å². The van der Waals surface area contributed by atoms with Gasteiger partial charge < -0.3 is 9.71 Å². The topological polar surface area (TPSA) is 6.48 Å². The molecule has 2 aliphatic heterocycles. The first-order valence-electron chi connectivity index (χ1n) is 26.8. The molecule has 0 fully saturated rings. The standard InChI is InChI=1S/C68H75BN2/c1-62(2,3)40-22-27-43(28-23-40)70-56-31-26-42(64(7,8)9)34-55(56)69-61-58(70)38-48-45-20-18-19-21-50(45)68(16,17)60(48)59(61)49-36-51-47(37-57(49)71(69)44-29-24-41(25-30-44)63(4,5)6)46-35-53-54(39-52(46)67(51,14)15)66(12,13)33-32-65(53,10)11/h18-31,34-39H,32-33H2,1-17H3. The molecule has 3 aliphatic carbocycles. The van der Waals surface area contributed by atoms with Crippen molar-refractivity contribution >= 4 is 46.2 Å². The van der Waals surface area contributed by atoms with Gasteiger partial charge in [-0.1, -0.05) is 184 Å². The molecule has 7 aromatic rings. The molecule has 0 unspecified atom stereocenters. The molecular formula is C68H75BN2. The van der Waals surface area contributed by atoms with Crippen LogP contribution in [0.3, 0.4) is 0 Å². The number of benzene rings is 7. The van der Waals surface area contributed by atoms with Crippen LogP contribution in [0.1, 0.15) is 181 Å². The zero-order valence-electron chi connectivity index (χ0n) is 45.9. The Morgan fingerprint density at radius 1 is 0.408 bits per heavy atom. The summed E-state index contributed by atoms with van der Waals surface area (Å²) in [6.07, 6.45) is 2.40. The largest absolute Gasteiger partial charge is 0.376 e. The Bertz CT molecular complexity index is 3410. The van der Waals surface area contributed by atoms with Gasteiger partial charge in [-0.15, -0.1) is 0 Å². The summed E-state index contributed by atoms with van der Waals surface area (Å²) < 4.78 is 0. The van der Waals surface area contributed by atoms with E-state index in [1.165, 1.54) is 130 Å². The normalized spacial score (nSPS) is 18.2. The summed E-state index contributed by atoms with van der Waals surface area (Å²) in [6.45, 7) is 40.9. The highest BCUT2D eigenvalue weighted by Gasteiger charge is 2.52. The highest BCUT2D eigenvalue weighted by atomic mass is 15.2. The summed E-state index contributed by atoms with van der Waals surface area (Å²) in [6, 6.07) is 49.1. The van der Waals surface area contributed by atoms with Gasteiger partial charge in [0.15, 0.2) is 0 Å². The number of rotatable bonds is 2. The zero-order valence-corrected chi connectivity index (χ0v) is 45.9. The summed E-state index contributed by atoms with van der Waals surface area (Å²) in [5, 5.41) is 0. The Morgan fingerprint density at radius 3 is 1.52 bits per heavy atom. The van der Waals surface area contributed by atoms with Crippen LogP contribution in [0.2, 0.25) is 0 Å². The number of fused-ring (bicyclic) bond motifs is 12. The van der Waals surface area contributed by atoms with Crippen LogP contribution in [0.5, 0.6) is 0 Å². The summed E-state index contributed by atoms with van der Waals surface area (Å²) in [5.74, 6) is 0. The van der Waals surface area contributed by atoms with Gasteiger partial charge >= 0.3 is 6.85 Å². The van der Waals surface area contributed by atoms with Crippen LogP contribution >= 0.6 is 0 Å². The quantitative estimate of drug-likeness (QED) is 0.159. The molecule has 3 heteroatoms. The fourth-order valence-corrected chi connectivity index (χ4v) is 13.8. The molecule has 0 amide bonds. The number of hydrogen-bond acceptors (Lipinski definition) is 2. The molecule has 0 bridgehead atoms. The van der Waals surface area contributed by atoms with Crippen LogP contribution in [0.4, 0.5) is 28.4 Å². The summed E-state index contributed by atoms with van der Waals surface area (Å²) in [7, 11) is 0. The molecule has 2 heterocycles. The molecule has 71 heavy (non-hydrogen) atoms. The first-order valence-corrected chi connectivity index (χ1v) is 26.8. The van der Waals surface area contributed by atoms with Crippen LogP contribution in [0.25, 0.3) is 33.4 Å². The van der Waals surface area contributed by atoms with Crippen LogP contribution in [-0.2, 0) is 37.9 Å². The molecule has 5 aliphatic rings. The van der Waals surface area contributed by atoms with Gasteiger partial charge in [0.1, 0.15) is 0 Å². The number of nitrogens with zero attached hydrogens (tertiary/aromatic N) is 2. The average molecular weight is 931 g/mol. The Labute approximate surface area is 427 Å². The highest BCUT2D eigenvalue weighted by Crippen LogP contribution is 2.61. The molecular weight excluding hydrogens is 856 g/mol. The third-order valence-electron chi connectivity index (χ3n) is 18.4. The van der Waals surface area contributed by atoms with Crippen LogP contribution in [0.15, 0.2) is 121 Å². The van der Waals surface area contributed by atoms with Crippen molar-refractivity contribution in [2.75, 3.05) is 9.71 Å². The number of hydrogen-bond donors (Lipinski definition) is 0. The van der Waals surface area contributed by atoms with E-state index in [1.807, 2.05) is 0 Å². The monoisotopic (exact) mass is 931 g/mol. The summed E-state index contributed by atoms with van der Waals surface area (Å²) in [4.78, 5) is 5.40. The van der Waals surface area contributed by atoms with Crippen molar-refractivity contribution in [3.8, 4) is 33.4 Å². The lowest BCUT2D eigenvalue weighted by atomic mass is 9.42. The van der Waals surface area contributed by atoms with E-state index in [1.54, 1.807) is 5.56 Å². The lowest BCUT2D eigenvalue weighted by Crippen LogP contribution is -2.62. The highest BCUT2D eigenvalue weighted by molar-refractivity contribution is 6.93. The van der Waals surface area contributed by atoms with Crippen molar-refractivity contribution in [2.45, 2.75) is 168 Å². The predicted octanol–water partition coefficient (Wildman–Crippen LogP) is 17.2. The van der Waals surface area contributed by atoms with E-state index < -0.39 is 0 Å². The minimum atomic E-state index is -0.241. The maximum absolute atomic E-state index is 2.77. The lowest BCUT2D eigenvalue weighted by Gasteiger charge is -2.47. The van der Waals surface area contributed by atoms with E-state index in [9.17, 15) is 0 Å². The lowest BCUT2D eigenvalue weighted by molar-refractivity contribution is 0.331. The van der Waals surface area contributed by atoms with Crippen LogP contribution in [0, 0.1) is 0 Å². The SMILES string of the molecule is CC(C)(C)c1ccc(N2B3c4cc(C(C)(C)C)ccc4N(c4ccc(C(C)(C)C)cc4)c4cc5c(c(c43)-c3cc4c(cc32)-c2cc3c(cc2C4(C)C)C(C)(C)CCC3(C)C)C(C)(C)c2ccccc2-5)cc1. The van der Waals surface area contributed by atoms with Gasteiger partial charge in [-0.25, -0.2) is 0 Å². The van der Waals surface area contributed by atoms with E-state index in [-0.39, 0.29) is 44.8 Å². The van der Waals surface area contributed by atoms with E-state index in [4.69, 9.17) is 0 Å². The minimum Gasteiger partial charge on any atom is -0.376 e. The molecule has 0 saturated carbocycles. The fourth-order valence-electron chi connectivity index (χ4n) is 13.8. The van der Waals surface area contributed by atoms with E-state index >= 15 is 0 Å². The van der Waals surface area contributed by atoms with Crippen molar-refractivity contribution in [3.63, 3.8) is 0 Å². The Hall–Kier alpha value is -5.80. The van der Waals surface area contributed by atoms with Crippen molar-refractivity contribution < 1.29 is 0 Å². The van der Waals surface area contributed by atoms with E-state index in [2.05, 4.69) is 249 Å². The molecule has 0 aromatic heterocycles. The second-order valence-electron chi connectivity index (χ2n) is 27.8. The summed E-state index contributed by atoms with van der Waals surface area (Å²) in [5.41, 5.74) is 30.0. The van der Waals surface area contributed by atoms with Gasteiger partial charge in [-0.05, 0) is 183 Å². The van der Waals surface area contributed by atoms with Gasteiger partial charge in [-0.2, -0.15) is 0 Å². The summed E-state index contributed by atoms with van der Waals surface area (Å²) >= 11 is 0. The fraction of sp³-hybridized carbons (Fsp3) is 0.382. The van der Waals surface area contributed by atoms with E-state index in [0.29, 0.717) is 0 Å². The van der Waals surface area contributed by atoms with Crippen LogP contribution < -0.4 is 20.6 Å². The van der Waals surface area contributed by atoms with Gasteiger partial charge in [0, 0.05) is 44.8 Å². The van der Waals surface area contributed by atoms with E-state index in [0.717, 1.165) is 0 Å².